The lowest BCUT2D eigenvalue weighted by molar-refractivity contribution is 0.474. The standard InChI is InChI=1S/C14H9Cl3O/c15-8-13(9-1-3-10(16)4-2-9)12-6-5-11(17)7-14(12)18/h1-8,18H. The van der Waals surface area contributed by atoms with Crippen LogP contribution in [0, 0.1) is 0 Å². The van der Waals surface area contributed by atoms with Gasteiger partial charge in [-0.05, 0) is 35.9 Å². The van der Waals surface area contributed by atoms with Crippen molar-refractivity contribution in [2.75, 3.05) is 0 Å². The van der Waals surface area contributed by atoms with Crippen LogP contribution < -0.4 is 0 Å². The third-order valence-electron chi connectivity index (χ3n) is 2.51. The summed E-state index contributed by atoms with van der Waals surface area (Å²) in [7, 11) is 0. The van der Waals surface area contributed by atoms with Crippen LogP contribution in [0.1, 0.15) is 11.1 Å². The normalized spacial score (nSPS) is 11.6. The zero-order valence-electron chi connectivity index (χ0n) is 9.20. The predicted molar refractivity (Wildman–Crippen MR) is 77.5 cm³/mol. The molecule has 2 aromatic carbocycles. The first-order chi connectivity index (χ1) is 8.61. The number of hydrogen-bond acceptors (Lipinski definition) is 1. The first kappa shape index (κ1) is 13.3. The number of phenolic OH excluding ortho intramolecular Hbond substituents is 1. The van der Waals surface area contributed by atoms with Gasteiger partial charge < -0.3 is 5.11 Å². The van der Waals surface area contributed by atoms with Gasteiger partial charge in [0.05, 0.1) is 0 Å². The second-order valence-corrected chi connectivity index (χ2v) is 4.78. The van der Waals surface area contributed by atoms with Crippen LogP contribution in [0.2, 0.25) is 10.0 Å². The summed E-state index contributed by atoms with van der Waals surface area (Å²) in [5, 5.41) is 11.0. The quantitative estimate of drug-likeness (QED) is 0.795. The molecule has 0 aromatic heterocycles. The fraction of sp³-hybridized carbons (Fsp3) is 0. The number of aromatic hydroxyl groups is 1. The molecule has 0 spiro atoms. The van der Waals surface area contributed by atoms with E-state index in [4.69, 9.17) is 34.8 Å². The minimum absolute atomic E-state index is 0.0874. The molecule has 0 saturated carbocycles. The Bertz CT molecular complexity index is 588. The van der Waals surface area contributed by atoms with Crippen molar-refractivity contribution < 1.29 is 5.11 Å². The van der Waals surface area contributed by atoms with Crippen molar-refractivity contribution in [2.45, 2.75) is 0 Å². The molecule has 0 amide bonds. The molecule has 0 heterocycles. The smallest absolute Gasteiger partial charge is 0.124 e. The van der Waals surface area contributed by atoms with Gasteiger partial charge in [0.15, 0.2) is 0 Å². The molecule has 0 saturated heterocycles. The molecule has 2 aromatic rings. The number of hydrogen-bond donors (Lipinski definition) is 1. The van der Waals surface area contributed by atoms with Gasteiger partial charge in [-0.25, -0.2) is 0 Å². The van der Waals surface area contributed by atoms with Crippen molar-refractivity contribution >= 4 is 40.4 Å². The van der Waals surface area contributed by atoms with Gasteiger partial charge in [0.25, 0.3) is 0 Å². The summed E-state index contributed by atoms with van der Waals surface area (Å²) < 4.78 is 0. The molecule has 0 fully saturated rings. The highest BCUT2D eigenvalue weighted by Crippen LogP contribution is 2.33. The molecule has 0 aliphatic heterocycles. The van der Waals surface area contributed by atoms with E-state index in [2.05, 4.69) is 0 Å². The second-order valence-electron chi connectivity index (χ2n) is 3.69. The van der Waals surface area contributed by atoms with Crippen LogP contribution in [0.3, 0.4) is 0 Å². The number of halogens is 3. The fourth-order valence-electron chi connectivity index (χ4n) is 1.64. The van der Waals surface area contributed by atoms with Gasteiger partial charge in [-0.2, -0.15) is 0 Å². The summed E-state index contributed by atoms with van der Waals surface area (Å²) in [4.78, 5) is 0. The van der Waals surface area contributed by atoms with E-state index in [0.717, 1.165) is 5.56 Å². The molecule has 0 aliphatic rings. The predicted octanol–water partition coefficient (Wildman–Crippen LogP) is 5.33. The lowest BCUT2D eigenvalue weighted by Gasteiger charge is -2.09. The Balaban J connectivity index is 2.49. The number of phenols is 1. The van der Waals surface area contributed by atoms with Crippen LogP contribution in [0.5, 0.6) is 5.75 Å². The van der Waals surface area contributed by atoms with E-state index in [0.29, 0.717) is 21.2 Å². The van der Waals surface area contributed by atoms with Crippen molar-refractivity contribution in [2.24, 2.45) is 0 Å². The van der Waals surface area contributed by atoms with Crippen LogP contribution in [-0.4, -0.2) is 5.11 Å². The summed E-state index contributed by atoms with van der Waals surface area (Å²) in [5.41, 5.74) is 3.62. The highest BCUT2D eigenvalue weighted by atomic mass is 35.5. The Hall–Kier alpha value is -1.15. The van der Waals surface area contributed by atoms with E-state index in [9.17, 15) is 5.11 Å². The Labute approximate surface area is 120 Å². The number of rotatable bonds is 2. The molecule has 0 radical (unpaired) electrons. The molecule has 4 heteroatoms. The summed E-state index contributed by atoms with van der Waals surface area (Å²) in [6.07, 6.45) is 0. The summed E-state index contributed by atoms with van der Waals surface area (Å²) in [6, 6.07) is 12.1. The minimum Gasteiger partial charge on any atom is -0.507 e. The summed E-state index contributed by atoms with van der Waals surface area (Å²) in [6.45, 7) is 0. The third kappa shape index (κ3) is 2.81. The molecular weight excluding hydrogens is 291 g/mol. The Morgan fingerprint density at radius 2 is 1.56 bits per heavy atom. The van der Waals surface area contributed by atoms with Crippen molar-refractivity contribution in [1.29, 1.82) is 0 Å². The zero-order valence-corrected chi connectivity index (χ0v) is 11.5. The van der Waals surface area contributed by atoms with Gasteiger partial charge in [0.2, 0.25) is 0 Å². The average Bonchev–Trinajstić information content (AvgIpc) is 2.35. The maximum absolute atomic E-state index is 9.90. The van der Waals surface area contributed by atoms with Gasteiger partial charge in [0, 0.05) is 26.7 Å². The van der Waals surface area contributed by atoms with Gasteiger partial charge in [0.1, 0.15) is 5.75 Å². The average molecular weight is 300 g/mol. The molecule has 2 rings (SSSR count). The van der Waals surface area contributed by atoms with Crippen molar-refractivity contribution in [3.8, 4) is 5.75 Å². The Morgan fingerprint density at radius 1 is 0.944 bits per heavy atom. The zero-order chi connectivity index (χ0) is 13.1. The maximum atomic E-state index is 9.90. The van der Waals surface area contributed by atoms with E-state index in [1.807, 2.05) is 12.1 Å². The van der Waals surface area contributed by atoms with Crippen molar-refractivity contribution in [3.63, 3.8) is 0 Å². The van der Waals surface area contributed by atoms with E-state index >= 15 is 0 Å². The van der Waals surface area contributed by atoms with Crippen molar-refractivity contribution in [3.05, 3.63) is 69.2 Å². The van der Waals surface area contributed by atoms with E-state index < -0.39 is 0 Å². The molecular formula is C14H9Cl3O. The van der Waals surface area contributed by atoms with Gasteiger partial charge in [-0.15, -0.1) is 0 Å². The summed E-state index contributed by atoms with van der Waals surface area (Å²) in [5.74, 6) is 0.0874. The minimum atomic E-state index is 0.0874. The molecule has 1 N–H and O–H groups in total. The second kappa shape index (κ2) is 5.66. The largest absolute Gasteiger partial charge is 0.507 e. The van der Waals surface area contributed by atoms with Crippen molar-refractivity contribution in [1.82, 2.24) is 0 Å². The van der Waals surface area contributed by atoms with Crippen LogP contribution in [0.4, 0.5) is 0 Å². The lowest BCUT2D eigenvalue weighted by atomic mass is 9.99. The lowest BCUT2D eigenvalue weighted by Crippen LogP contribution is -1.88. The van der Waals surface area contributed by atoms with E-state index in [1.54, 1.807) is 24.3 Å². The number of benzene rings is 2. The Kier molecular flexibility index (Phi) is 4.18. The molecule has 1 nitrogen and oxygen atoms in total. The van der Waals surface area contributed by atoms with Gasteiger partial charge in [-0.3, -0.25) is 0 Å². The Morgan fingerprint density at radius 3 is 2.11 bits per heavy atom. The highest BCUT2D eigenvalue weighted by Gasteiger charge is 2.09. The van der Waals surface area contributed by atoms with Crippen LogP contribution in [0.25, 0.3) is 5.57 Å². The molecule has 18 heavy (non-hydrogen) atoms. The van der Waals surface area contributed by atoms with Crippen LogP contribution in [0.15, 0.2) is 48.0 Å². The molecule has 0 atom stereocenters. The maximum Gasteiger partial charge on any atom is 0.124 e. The van der Waals surface area contributed by atoms with E-state index in [-0.39, 0.29) is 5.75 Å². The monoisotopic (exact) mass is 298 g/mol. The third-order valence-corrected chi connectivity index (χ3v) is 3.22. The van der Waals surface area contributed by atoms with Crippen LogP contribution in [-0.2, 0) is 0 Å². The summed E-state index contributed by atoms with van der Waals surface area (Å²) >= 11 is 17.5. The van der Waals surface area contributed by atoms with E-state index in [1.165, 1.54) is 11.6 Å². The molecule has 0 bridgehead atoms. The van der Waals surface area contributed by atoms with Gasteiger partial charge >= 0.3 is 0 Å². The molecule has 92 valence electrons. The van der Waals surface area contributed by atoms with Crippen LogP contribution >= 0.6 is 34.8 Å². The fourth-order valence-corrected chi connectivity index (χ4v) is 2.18. The SMILES string of the molecule is Oc1cc(Cl)ccc1C(=CCl)c1ccc(Cl)cc1. The first-order valence-electron chi connectivity index (χ1n) is 5.17. The molecule has 0 unspecified atom stereocenters. The van der Waals surface area contributed by atoms with Gasteiger partial charge in [-0.1, -0.05) is 46.9 Å². The highest BCUT2D eigenvalue weighted by molar-refractivity contribution is 6.31. The first-order valence-corrected chi connectivity index (χ1v) is 6.36. The topological polar surface area (TPSA) is 20.2 Å². The molecule has 0 aliphatic carbocycles.